The van der Waals surface area contributed by atoms with Crippen LogP contribution in [0.5, 0.6) is 0 Å². The zero-order chi connectivity index (χ0) is 10.1. The summed E-state index contributed by atoms with van der Waals surface area (Å²) in [6, 6.07) is 4.27. The molecule has 1 aromatic rings. The van der Waals surface area contributed by atoms with E-state index in [-0.39, 0.29) is 0 Å². The van der Waals surface area contributed by atoms with Gasteiger partial charge in [-0.05, 0) is 25.5 Å². The minimum Gasteiger partial charge on any atom is -0.352 e. The Morgan fingerprint density at radius 3 is 2.54 bits per heavy atom. The monoisotopic (exact) mass is 178 g/mol. The number of unbranched alkanes of at least 4 members (excludes halogenated alkanes) is 2. The van der Waals surface area contributed by atoms with Crippen molar-refractivity contribution in [3.63, 3.8) is 0 Å². The normalized spacial score (nSPS) is 8.92. The number of aromatic nitrogens is 1. The summed E-state index contributed by atoms with van der Waals surface area (Å²) in [5, 5.41) is 6.50. The lowest BCUT2D eigenvalue weighted by molar-refractivity contribution is 0.595. The van der Waals surface area contributed by atoms with Crippen LogP contribution in [0, 0.1) is 18.8 Å². The van der Waals surface area contributed by atoms with Crippen molar-refractivity contribution in [2.24, 2.45) is 0 Å². The summed E-state index contributed by atoms with van der Waals surface area (Å²) in [6.45, 7) is 9.08. The van der Waals surface area contributed by atoms with Crippen LogP contribution < -0.4 is 0 Å². The SMILES string of the molecule is C#N.CCCCCn1cccc1C. The molecule has 1 rings (SSSR count). The van der Waals surface area contributed by atoms with Gasteiger partial charge in [-0.3, -0.25) is 0 Å². The molecule has 2 heteroatoms. The Bertz CT molecular complexity index is 235. The van der Waals surface area contributed by atoms with Crippen LogP contribution in [0.15, 0.2) is 18.3 Å². The molecule has 0 aromatic carbocycles. The fraction of sp³-hybridized carbons (Fsp3) is 0.545. The van der Waals surface area contributed by atoms with Crippen LogP contribution in [0.4, 0.5) is 0 Å². The van der Waals surface area contributed by atoms with Gasteiger partial charge in [-0.25, -0.2) is 5.26 Å². The molecule has 0 bridgehead atoms. The van der Waals surface area contributed by atoms with Crippen LogP contribution in [0.2, 0.25) is 0 Å². The molecule has 0 unspecified atom stereocenters. The number of aryl methyl sites for hydroxylation is 2. The number of nitriles is 1. The van der Waals surface area contributed by atoms with E-state index in [0.717, 1.165) is 0 Å². The Balaban J connectivity index is 0.000000671. The minimum atomic E-state index is 1.19. The van der Waals surface area contributed by atoms with Gasteiger partial charge in [-0.1, -0.05) is 19.8 Å². The molecule has 0 aliphatic heterocycles. The Morgan fingerprint density at radius 2 is 2.08 bits per heavy atom. The van der Waals surface area contributed by atoms with Crippen molar-refractivity contribution in [3.05, 3.63) is 24.0 Å². The molecule has 1 heterocycles. The molecule has 0 aliphatic rings. The van der Waals surface area contributed by atoms with E-state index >= 15 is 0 Å². The molecule has 0 saturated heterocycles. The lowest BCUT2D eigenvalue weighted by Gasteiger charge is -2.03. The number of hydrogen-bond donors (Lipinski definition) is 0. The Hall–Kier alpha value is -1.23. The Kier molecular flexibility index (Phi) is 6.72. The average molecular weight is 178 g/mol. The van der Waals surface area contributed by atoms with Crippen LogP contribution in [-0.4, -0.2) is 4.57 Å². The standard InChI is InChI=1S/C10H17N.CHN/c1-3-4-5-8-11-9-6-7-10(11)2;1-2/h6-7,9H,3-5,8H2,1-2H3;1H. The number of rotatable bonds is 4. The highest BCUT2D eigenvalue weighted by atomic mass is 14.9. The first-order chi connectivity index (χ1) is 6.34. The van der Waals surface area contributed by atoms with E-state index in [1.807, 2.05) is 0 Å². The molecule has 1 aromatic heterocycles. The minimum absolute atomic E-state index is 1.19. The molecule has 0 saturated carbocycles. The second-order valence-electron chi connectivity index (χ2n) is 3.05. The predicted molar refractivity (Wildman–Crippen MR) is 55.4 cm³/mol. The van der Waals surface area contributed by atoms with Gasteiger partial charge >= 0.3 is 0 Å². The molecule has 13 heavy (non-hydrogen) atoms. The maximum Gasteiger partial charge on any atom is 0.0462 e. The van der Waals surface area contributed by atoms with E-state index in [2.05, 4.69) is 43.3 Å². The molecular weight excluding hydrogens is 160 g/mol. The fourth-order valence-corrected chi connectivity index (χ4v) is 1.28. The van der Waals surface area contributed by atoms with E-state index in [9.17, 15) is 0 Å². The Morgan fingerprint density at radius 1 is 1.38 bits per heavy atom. The Labute approximate surface area is 80.8 Å². The van der Waals surface area contributed by atoms with E-state index < -0.39 is 0 Å². The average Bonchev–Trinajstić information content (AvgIpc) is 2.56. The third kappa shape index (κ3) is 4.37. The molecule has 0 N–H and O–H groups in total. The van der Waals surface area contributed by atoms with Crippen LogP contribution in [0.3, 0.4) is 0 Å². The molecule has 0 atom stereocenters. The van der Waals surface area contributed by atoms with Gasteiger partial charge in [-0.15, -0.1) is 0 Å². The van der Waals surface area contributed by atoms with Crippen molar-refractivity contribution >= 4 is 0 Å². The second kappa shape index (κ2) is 7.42. The topological polar surface area (TPSA) is 28.7 Å². The van der Waals surface area contributed by atoms with Crippen molar-refractivity contribution in [1.82, 2.24) is 4.57 Å². The van der Waals surface area contributed by atoms with Gasteiger partial charge in [0.1, 0.15) is 0 Å². The van der Waals surface area contributed by atoms with Crippen molar-refractivity contribution < 1.29 is 0 Å². The summed E-state index contributed by atoms with van der Waals surface area (Å²) in [4.78, 5) is 0. The third-order valence-electron chi connectivity index (χ3n) is 2.06. The summed E-state index contributed by atoms with van der Waals surface area (Å²) in [7, 11) is 0. The molecule has 72 valence electrons. The van der Waals surface area contributed by atoms with Crippen molar-refractivity contribution in [3.8, 4) is 6.57 Å². The van der Waals surface area contributed by atoms with Crippen LogP contribution >= 0.6 is 0 Å². The summed E-state index contributed by atoms with van der Waals surface area (Å²) in [5.41, 5.74) is 1.38. The summed E-state index contributed by atoms with van der Waals surface area (Å²) >= 11 is 0. The number of nitrogens with zero attached hydrogens (tertiary/aromatic N) is 2. The van der Waals surface area contributed by atoms with Gasteiger partial charge in [0.15, 0.2) is 0 Å². The van der Waals surface area contributed by atoms with E-state index in [1.54, 1.807) is 0 Å². The summed E-state index contributed by atoms with van der Waals surface area (Å²) in [6.07, 6.45) is 6.12. The first-order valence-electron chi connectivity index (χ1n) is 4.72. The molecule has 0 amide bonds. The van der Waals surface area contributed by atoms with Gasteiger partial charge < -0.3 is 4.57 Å². The van der Waals surface area contributed by atoms with Crippen molar-refractivity contribution in [2.45, 2.75) is 39.7 Å². The molecule has 0 spiro atoms. The molecule has 0 radical (unpaired) electrons. The van der Waals surface area contributed by atoms with Gasteiger partial charge in [0, 0.05) is 25.0 Å². The van der Waals surface area contributed by atoms with E-state index in [4.69, 9.17) is 5.26 Å². The lowest BCUT2D eigenvalue weighted by Crippen LogP contribution is -1.97. The first-order valence-corrected chi connectivity index (χ1v) is 4.72. The predicted octanol–water partition coefficient (Wildman–Crippen LogP) is 3.13. The highest BCUT2D eigenvalue weighted by Gasteiger charge is 1.92. The van der Waals surface area contributed by atoms with E-state index in [0.29, 0.717) is 0 Å². The second-order valence-corrected chi connectivity index (χ2v) is 3.05. The largest absolute Gasteiger partial charge is 0.352 e. The van der Waals surface area contributed by atoms with E-state index in [1.165, 1.54) is 31.5 Å². The van der Waals surface area contributed by atoms with Gasteiger partial charge in [0.05, 0.1) is 0 Å². The molecule has 2 nitrogen and oxygen atoms in total. The molecule has 0 fully saturated rings. The van der Waals surface area contributed by atoms with Crippen LogP contribution in [0.1, 0.15) is 31.9 Å². The molecular formula is C11H18N2. The quantitative estimate of drug-likeness (QED) is 0.651. The summed E-state index contributed by atoms with van der Waals surface area (Å²) < 4.78 is 2.32. The van der Waals surface area contributed by atoms with Crippen molar-refractivity contribution in [1.29, 1.82) is 5.26 Å². The first kappa shape index (κ1) is 11.8. The van der Waals surface area contributed by atoms with Gasteiger partial charge in [0.25, 0.3) is 0 Å². The zero-order valence-corrected chi connectivity index (χ0v) is 8.53. The number of hydrogen-bond acceptors (Lipinski definition) is 1. The van der Waals surface area contributed by atoms with Gasteiger partial charge in [-0.2, -0.15) is 0 Å². The highest BCUT2D eigenvalue weighted by molar-refractivity contribution is 5.03. The van der Waals surface area contributed by atoms with Crippen LogP contribution in [-0.2, 0) is 6.54 Å². The maximum atomic E-state index is 6.50. The lowest BCUT2D eigenvalue weighted by atomic mass is 10.2. The summed E-state index contributed by atoms with van der Waals surface area (Å²) in [5.74, 6) is 0. The highest BCUT2D eigenvalue weighted by Crippen LogP contribution is 2.03. The maximum absolute atomic E-state index is 6.50. The fourth-order valence-electron chi connectivity index (χ4n) is 1.28. The smallest absolute Gasteiger partial charge is 0.0462 e. The van der Waals surface area contributed by atoms with Crippen molar-refractivity contribution in [2.75, 3.05) is 0 Å². The van der Waals surface area contributed by atoms with Crippen LogP contribution in [0.25, 0.3) is 0 Å². The molecule has 0 aliphatic carbocycles. The zero-order valence-electron chi connectivity index (χ0n) is 8.53. The van der Waals surface area contributed by atoms with Gasteiger partial charge in [0.2, 0.25) is 0 Å². The third-order valence-corrected chi connectivity index (χ3v) is 2.06.